The second-order valence-electron chi connectivity index (χ2n) is 5.14. The number of carbonyl (C=O) groups is 2. The number of hydrogen-bond donors (Lipinski definition) is 1. The van der Waals surface area contributed by atoms with E-state index in [0.717, 1.165) is 12.8 Å². The molecule has 1 aliphatic rings. The lowest BCUT2D eigenvalue weighted by atomic mass is 10.1. The molecule has 0 radical (unpaired) electrons. The highest BCUT2D eigenvalue weighted by molar-refractivity contribution is 5.92. The van der Waals surface area contributed by atoms with E-state index in [1.165, 1.54) is 6.07 Å². The SMILES string of the molecule is Cc1ccc(NC(=O)COC(=O)C[C@@H]2C=CCC2)cc1F. The molecule has 0 heterocycles. The standard InChI is InChI=1S/C16H18FNO3/c1-11-6-7-13(9-14(11)17)18-15(19)10-21-16(20)8-12-4-2-3-5-12/h2,4,6-7,9,12H,3,5,8,10H2,1H3,(H,18,19)/t12-/m1/s1. The van der Waals surface area contributed by atoms with Gasteiger partial charge in [0.1, 0.15) is 5.82 Å². The number of benzene rings is 1. The van der Waals surface area contributed by atoms with Crippen molar-refractivity contribution in [1.82, 2.24) is 0 Å². The molecule has 0 spiro atoms. The van der Waals surface area contributed by atoms with E-state index in [0.29, 0.717) is 17.7 Å². The fourth-order valence-electron chi connectivity index (χ4n) is 2.15. The van der Waals surface area contributed by atoms with Crippen LogP contribution in [0.25, 0.3) is 0 Å². The lowest BCUT2D eigenvalue weighted by Crippen LogP contribution is -2.21. The van der Waals surface area contributed by atoms with Gasteiger partial charge in [-0.2, -0.15) is 0 Å². The van der Waals surface area contributed by atoms with Crippen LogP contribution >= 0.6 is 0 Å². The number of nitrogens with one attached hydrogen (secondary N) is 1. The molecule has 1 amide bonds. The van der Waals surface area contributed by atoms with Gasteiger partial charge in [0.25, 0.3) is 5.91 Å². The van der Waals surface area contributed by atoms with E-state index in [9.17, 15) is 14.0 Å². The first-order valence-corrected chi connectivity index (χ1v) is 6.93. The molecule has 1 atom stereocenters. The van der Waals surface area contributed by atoms with Crippen LogP contribution in [0, 0.1) is 18.7 Å². The van der Waals surface area contributed by atoms with Crippen molar-refractivity contribution in [1.29, 1.82) is 0 Å². The fraction of sp³-hybridized carbons (Fsp3) is 0.375. The first kappa shape index (κ1) is 15.2. The Morgan fingerprint density at radius 3 is 2.90 bits per heavy atom. The van der Waals surface area contributed by atoms with E-state index in [-0.39, 0.29) is 12.5 Å². The molecule has 2 rings (SSSR count). The third-order valence-electron chi connectivity index (χ3n) is 3.36. The zero-order chi connectivity index (χ0) is 15.2. The summed E-state index contributed by atoms with van der Waals surface area (Å²) in [6.45, 7) is 1.28. The minimum Gasteiger partial charge on any atom is -0.456 e. The van der Waals surface area contributed by atoms with Gasteiger partial charge in [-0.3, -0.25) is 9.59 Å². The van der Waals surface area contributed by atoms with Crippen LogP contribution in [-0.4, -0.2) is 18.5 Å². The van der Waals surface area contributed by atoms with Gasteiger partial charge in [0.15, 0.2) is 6.61 Å². The molecule has 0 saturated heterocycles. The van der Waals surface area contributed by atoms with Crippen LogP contribution in [0.2, 0.25) is 0 Å². The Bertz CT molecular complexity index is 569. The Balaban J connectivity index is 1.75. The number of amides is 1. The van der Waals surface area contributed by atoms with Gasteiger partial charge in [-0.1, -0.05) is 18.2 Å². The highest BCUT2D eigenvalue weighted by Gasteiger charge is 2.16. The van der Waals surface area contributed by atoms with Crippen LogP contribution in [-0.2, 0) is 14.3 Å². The molecule has 21 heavy (non-hydrogen) atoms. The predicted octanol–water partition coefficient (Wildman–Crippen LogP) is 2.97. The van der Waals surface area contributed by atoms with Gasteiger partial charge in [-0.15, -0.1) is 0 Å². The van der Waals surface area contributed by atoms with Crippen molar-refractivity contribution >= 4 is 17.6 Å². The molecule has 0 aliphatic heterocycles. The summed E-state index contributed by atoms with van der Waals surface area (Å²) >= 11 is 0. The average molecular weight is 291 g/mol. The maximum Gasteiger partial charge on any atom is 0.306 e. The molecule has 1 aromatic rings. The van der Waals surface area contributed by atoms with E-state index in [1.807, 2.05) is 12.2 Å². The van der Waals surface area contributed by atoms with Crippen LogP contribution < -0.4 is 5.32 Å². The van der Waals surface area contributed by atoms with E-state index in [2.05, 4.69) is 5.32 Å². The number of halogens is 1. The molecule has 112 valence electrons. The third-order valence-corrected chi connectivity index (χ3v) is 3.36. The summed E-state index contributed by atoms with van der Waals surface area (Å²) in [5, 5.41) is 2.49. The molecule has 5 heteroatoms. The summed E-state index contributed by atoms with van der Waals surface area (Å²) in [5.74, 6) is -1.05. The lowest BCUT2D eigenvalue weighted by Gasteiger charge is -2.09. The van der Waals surface area contributed by atoms with Crippen LogP contribution in [0.5, 0.6) is 0 Å². The Hall–Kier alpha value is -2.17. The van der Waals surface area contributed by atoms with Gasteiger partial charge in [-0.25, -0.2) is 4.39 Å². The van der Waals surface area contributed by atoms with Crippen LogP contribution in [0.15, 0.2) is 30.4 Å². The zero-order valence-corrected chi connectivity index (χ0v) is 11.9. The number of ether oxygens (including phenoxy) is 1. The highest BCUT2D eigenvalue weighted by atomic mass is 19.1. The Morgan fingerprint density at radius 1 is 1.43 bits per heavy atom. The Kier molecular flexibility index (Phi) is 5.09. The molecule has 0 fully saturated rings. The minimum atomic E-state index is -0.478. The first-order chi connectivity index (χ1) is 10.0. The lowest BCUT2D eigenvalue weighted by molar-refractivity contribution is -0.147. The van der Waals surface area contributed by atoms with Gasteiger partial charge in [0.2, 0.25) is 0 Å². The van der Waals surface area contributed by atoms with Crippen molar-refractivity contribution in [2.75, 3.05) is 11.9 Å². The quantitative estimate of drug-likeness (QED) is 0.670. The van der Waals surface area contributed by atoms with Gasteiger partial charge in [0.05, 0.1) is 6.42 Å². The molecule has 1 N–H and O–H groups in total. The smallest absolute Gasteiger partial charge is 0.306 e. The summed E-state index contributed by atoms with van der Waals surface area (Å²) in [6, 6.07) is 4.41. The fourth-order valence-corrected chi connectivity index (χ4v) is 2.15. The average Bonchev–Trinajstić information content (AvgIpc) is 2.93. The summed E-state index contributed by atoms with van der Waals surface area (Å²) in [5.41, 5.74) is 0.849. The second kappa shape index (κ2) is 7.02. The molecule has 0 aromatic heterocycles. The Labute approximate surface area is 123 Å². The number of carbonyl (C=O) groups excluding carboxylic acids is 2. The monoisotopic (exact) mass is 291 g/mol. The van der Waals surface area contributed by atoms with Crippen LogP contribution in [0.4, 0.5) is 10.1 Å². The van der Waals surface area contributed by atoms with Gasteiger partial charge in [-0.05, 0) is 43.4 Å². The summed E-state index contributed by atoms with van der Waals surface area (Å²) in [7, 11) is 0. The summed E-state index contributed by atoms with van der Waals surface area (Å²) in [6.07, 6.45) is 6.26. The van der Waals surface area contributed by atoms with E-state index in [1.54, 1.807) is 19.1 Å². The van der Waals surface area contributed by atoms with Crippen molar-refractivity contribution in [3.8, 4) is 0 Å². The number of aryl methyl sites for hydroxylation is 1. The molecule has 1 aromatic carbocycles. The molecule has 1 aliphatic carbocycles. The van der Waals surface area contributed by atoms with Gasteiger partial charge >= 0.3 is 5.97 Å². The van der Waals surface area contributed by atoms with Crippen LogP contribution in [0.3, 0.4) is 0 Å². The largest absolute Gasteiger partial charge is 0.456 e. The maximum absolute atomic E-state index is 13.3. The van der Waals surface area contributed by atoms with Crippen molar-refractivity contribution in [3.63, 3.8) is 0 Å². The van der Waals surface area contributed by atoms with E-state index < -0.39 is 17.7 Å². The summed E-state index contributed by atoms with van der Waals surface area (Å²) in [4.78, 5) is 23.2. The molecule has 0 saturated carbocycles. The van der Waals surface area contributed by atoms with Crippen molar-refractivity contribution < 1.29 is 18.7 Å². The normalized spacial score (nSPS) is 16.8. The minimum absolute atomic E-state index is 0.215. The zero-order valence-electron chi connectivity index (χ0n) is 11.9. The topological polar surface area (TPSA) is 55.4 Å². The number of esters is 1. The van der Waals surface area contributed by atoms with Crippen LogP contribution in [0.1, 0.15) is 24.8 Å². The second-order valence-corrected chi connectivity index (χ2v) is 5.14. The number of hydrogen-bond acceptors (Lipinski definition) is 3. The highest BCUT2D eigenvalue weighted by Crippen LogP contribution is 2.20. The summed E-state index contributed by atoms with van der Waals surface area (Å²) < 4.78 is 18.2. The van der Waals surface area contributed by atoms with Crippen molar-refractivity contribution in [3.05, 3.63) is 41.7 Å². The van der Waals surface area contributed by atoms with E-state index in [4.69, 9.17) is 4.74 Å². The van der Waals surface area contributed by atoms with Gasteiger partial charge < -0.3 is 10.1 Å². The predicted molar refractivity (Wildman–Crippen MR) is 77.2 cm³/mol. The van der Waals surface area contributed by atoms with Crippen molar-refractivity contribution in [2.45, 2.75) is 26.2 Å². The third kappa shape index (κ3) is 4.70. The number of rotatable bonds is 5. The number of anilines is 1. The maximum atomic E-state index is 13.3. The number of allylic oxidation sites excluding steroid dienone is 2. The molecule has 0 unspecified atom stereocenters. The molecular formula is C16H18FNO3. The molecule has 4 nitrogen and oxygen atoms in total. The van der Waals surface area contributed by atoms with Gasteiger partial charge in [0, 0.05) is 5.69 Å². The Morgan fingerprint density at radius 2 is 2.24 bits per heavy atom. The molecular weight excluding hydrogens is 273 g/mol. The molecule has 0 bridgehead atoms. The van der Waals surface area contributed by atoms with E-state index >= 15 is 0 Å². The first-order valence-electron chi connectivity index (χ1n) is 6.93. The van der Waals surface area contributed by atoms with Crippen molar-refractivity contribution in [2.24, 2.45) is 5.92 Å².